The lowest BCUT2D eigenvalue weighted by Crippen LogP contribution is -2.44. The largest absolute Gasteiger partial charge is 0.353 e. The molecule has 0 saturated heterocycles. The molecule has 0 spiro atoms. The predicted molar refractivity (Wildman–Crippen MR) is 65.7 cm³/mol. The second-order valence-electron chi connectivity index (χ2n) is 5.91. The quantitative estimate of drug-likeness (QED) is 0.763. The van der Waals surface area contributed by atoms with Crippen LogP contribution in [-0.2, 0) is 4.79 Å². The molecule has 0 aliphatic carbocycles. The standard InChI is InChI=1S/C13H27NO/c1-8-10(4)14-12(15)11(9(2)3)13(5,6)7/h9-11H,8H2,1-7H3,(H,14,15)/t10-,11+/m0/s1. The van der Waals surface area contributed by atoms with Crippen molar-refractivity contribution in [2.24, 2.45) is 17.3 Å². The minimum atomic E-state index is 0.0334. The van der Waals surface area contributed by atoms with Gasteiger partial charge in [0.2, 0.25) is 5.91 Å². The first-order chi connectivity index (χ1) is 6.70. The maximum absolute atomic E-state index is 12.1. The van der Waals surface area contributed by atoms with Gasteiger partial charge in [-0.3, -0.25) is 4.79 Å². The zero-order valence-corrected chi connectivity index (χ0v) is 11.3. The molecule has 2 heteroatoms. The van der Waals surface area contributed by atoms with Gasteiger partial charge in [-0.1, -0.05) is 41.5 Å². The SMILES string of the molecule is CC[C@H](C)NC(=O)[C@@H](C(C)C)C(C)(C)C. The highest BCUT2D eigenvalue weighted by Crippen LogP contribution is 2.32. The van der Waals surface area contributed by atoms with E-state index in [2.05, 4.69) is 53.8 Å². The monoisotopic (exact) mass is 213 g/mol. The van der Waals surface area contributed by atoms with Crippen LogP contribution in [0.4, 0.5) is 0 Å². The zero-order valence-electron chi connectivity index (χ0n) is 11.3. The van der Waals surface area contributed by atoms with Crippen LogP contribution in [0.25, 0.3) is 0 Å². The van der Waals surface area contributed by atoms with E-state index >= 15 is 0 Å². The van der Waals surface area contributed by atoms with Crippen molar-refractivity contribution in [1.29, 1.82) is 0 Å². The van der Waals surface area contributed by atoms with E-state index in [4.69, 9.17) is 0 Å². The number of hydrogen-bond donors (Lipinski definition) is 1. The third-order valence-electron chi connectivity index (χ3n) is 2.88. The Kier molecular flexibility index (Phi) is 5.33. The number of carbonyl (C=O) groups excluding carboxylic acids is 1. The Morgan fingerprint density at radius 2 is 1.67 bits per heavy atom. The van der Waals surface area contributed by atoms with Crippen molar-refractivity contribution in [1.82, 2.24) is 5.32 Å². The minimum Gasteiger partial charge on any atom is -0.353 e. The van der Waals surface area contributed by atoms with E-state index in [9.17, 15) is 4.79 Å². The van der Waals surface area contributed by atoms with Gasteiger partial charge < -0.3 is 5.32 Å². The molecule has 0 radical (unpaired) electrons. The molecule has 0 rings (SSSR count). The Balaban J connectivity index is 4.58. The first-order valence-electron chi connectivity index (χ1n) is 6.00. The molecule has 2 nitrogen and oxygen atoms in total. The van der Waals surface area contributed by atoms with Crippen LogP contribution in [0.15, 0.2) is 0 Å². The zero-order chi connectivity index (χ0) is 12.2. The Bertz CT molecular complexity index is 203. The van der Waals surface area contributed by atoms with Crippen LogP contribution in [-0.4, -0.2) is 11.9 Å². The van der Waals surface area contributed by atoms with Crippen molar-refractivity contribution in [3.8, 4) is 0 Å². The third kappa shape index (κ3) is 4.67. The summed E-state index contributed by atoms with van der Waals surface area (Å²) in [4.78, 5) is 12.1. The van der Waals surface area contributed by atoms with Gasteiger partial charge in [-0.05, 0) is 24.7 Å². The fourth-order valence-electron chi connectivity index (χ4n) is 2.13. The Morgan fingerprint density at radius 3 is 1.93 bits per heavy atom. The number of hydrogen-bond acceptors (Lipinski definition) is 1. The molecule has 0 fully saturated rings. The summed E-state index contributed by atoms with van der Waals surface area (Å²) in [5.41, 5.74) is 0.0334. The van der Waals surface area contributed by atoms with Gasteiger partial charge in [0.1, 0.15) is 0 Å². The van der Waals surface area contributed by atoms with Gasteiger partial charge in [0.15, 0.2) is 0 Å². The summed E-state index contributed by atoms with van der Waals surface area (Å²) in [7, 11) is 0. The van der Waals surface area contributed by atoms with Crippen LogP contribution >= 0.6 is 0 Å². The van der Waals surface area contributed by atoms with Crippen LogP contribution in [0.2, 0.25) is 0 Å². The highest BCUT2D eigenvalue weighted by atomic mass is 16.2. The van der Waals surface area contributed by atoms with Crippen LogP contribution in [0, 0.1) is 17.3 Å². The molecular formula is C13H27NO. The molecule has 2 atom stereocenters. The molecule has 0 bridgehead atoms. The van der Waals surface area contributed by atoms with Crippen molar-refractivity contribution < 1.29 is 4.79 Å². The van der Waals surface area contributed by atoms with E-state index in [1.54, 1.807) is 0 Å². The minimum absolute atomic E-state index is 0.0334. The number of amides is 1. The molecule has 0 aromatic rings. The van der Waals surface area contributed by atoms with Gasteiger partial charge in [0, 0.05) is 12.0 Å². The van der Waals surface area contributed by atoms with Crippen molar-refractivity contribution >= 4 is 5.91 Å². The molecule has 1 amide bonds. The van der Waals surface area contributed by atoms with Crippen LogP contribution < -0.4 is 5.32 Å². The predicted octanol–water partition coefficient (Wildman–Crippen LogP) is 3.22. The molecule has 0 aliphatic heterocycles. The van der Waals surface area contributed by atoms with Gasteiger partial charge in [-0.2, -0.15) is 0 Å². The molecular weight excluding hydrogens is 186 g/mol. The van der Waals surface area contributed by atoms with E-state index in [1.807, 2.05) is 0 Å². The van der Waals surface area contributed by atoms with Crippen molar-refractivity contribution in [2.75, 3.05) is 0 Å². The first-order valence-corrected chi connectivity index (χ1v) is 6.00. The Morgan fingerprint density at radius 1 is 1.20 bits per heavy atom. The second kappa shape index (κ2) is 5.53. The van der Waals surface area contributed by atoms with Crippen molar-refractivity contribution in [3.63, 3.8) is 0 Å². The molecule has 90 valence electrons. The summed E-state index contributed by atoms with van der Waals surface area (Å²) in [6, 6.07) is 0.279. The van der Waals surface area contributed by atoms with Crippen LogP contribution in [0.1, 0.15) is 54.9 Å². The Hall–Kier alpha value is -0.530. The third-order valence-corrected chi connectivity index (χ3v) is 2.88. The van der Waals surface area contributed by atoms with Crippen LogP contribution in [0.3, 0.4) is 0 Å². The number of rotatable bonds is 4. The van der Waals surface area contributed by atoms with Gasteiger partial charge in [-0.25, -0.2) is 0 Å². The molecule has 0 heterocycles. The van der Waals surface area contributed by atoms with E-state index in [0.717, 1.165) is 6.42 Å². The summed E-state index contributed by atoms with van der Waals surface area (Å²) in [6.45, 7) is 14.8. The summed E-state index contributed by atoms with van der Waals surface area (Å²) in [5.74, 6) is 0.674. The van der Waals surface area contributed by atoms with E-state index in [0.29, 0.717) is 5.92 Å². The molecule has 0 aromatic heterocycles. The van der Waals surface area contributed by atoms with Gasteiger partial charge >= 0.3 is 0 Å². The van der Waals surface area contributed by atoms with E-state index in [-0.39, 0.29) is 23.3 Å². The fraction of sp³-hybridized carbons (Fsp3) is 0.923. The van der Waals surface area contributed by atoms with E-state index in [1.165, 1.54) is 0 Å². The lowest BCUT2D eigenvalue weighted by Gasteiger charge is -2.33. The Labute approximate surface area is 94.8 Å². The number of nitrogens with one attached hydrogen (secondary N) is 1. The molecule has 15 heavy (non-hydrogen) atoms. The highest BCUT2D eigenvalue weighted by Gasteiger charge is 2.33. The molecule has 0 aliphatic rings. The molecule has 0 aromatic carbocycles. The van der Waals surface area contributed by atoms with Crippen molar-refractivity contribution in [3.05, 3.63) is 0 Å². The summed E-state index contributed by atoms with van der Waals surface area (Å²) in [6.07, 6.45) is 0.987. The summed E-state index contributed by atoms with van der Waals surface area (Å²) < 4.78 is 0. The lowest BCUT2D eigenvalue weighted by molar-refractivity contribution is -0.130. The maximum Gasteiger partial charge on any atom is 0.224 e. The normalized spacial score (nSPS) is 16.3. The smallest absolute Gasteiger partial charge is 0.224 e. The van der Waals surface area contributed by atoms with Gasteiger partial charge in [-0.15, -0.1) is 0 Å². The van der Waals surface area contributed by atoms with E-state index < -0.39 is 0 Å². The highest BCUT2D eigenvalue weighted by molar-refractivity contribution is 5.79. The summed E-state index contributed by atoms with van der Waals surface area (Å²) >= 11 is 0. The molecule has 0 unspecified atom stereocenters. The van der Waals surface area contributed by atoms with Crippen molar-refractivity contribution in [2.45, 2.75) is 60.9 Å². The molecule has 0 saturated carbocycles. The van der Waals surface area contributed by atoms with Gasteiger partial charge in [0.05, 0.1) is 0 Å². The average Bonchev–Trinajstić information content (AvgIpc) is 1.99. The topological polar surface area (TPSA) is 29.1 Å². The average molecular weight is 213 g/mol. The second-order valence-corrected chi connectivity index (χ2v) is 5.91. The lowest BCUT2D eigenvalue weighted by atomic mass is 9.73. The summed E-state index contributed by atoms with van der Waals surface area (Å²) in [5, 5.41) is 3.08. The van der Waals surface area contributed by atoms with Crippen LogP contribution in [0.5, 0.6) is 0 Å². The molecule has 1 N–H and O–H groups in total. The first kappa shape index (κ1) is 14.5. The maximum atomic E-state index is 12.1. The van der Waals surface area contributed by atoms with Gasteiger partial charge in [0.25, 0.3) is 0 Å². The fourth-order valence-corrected chi connectivity index (χ4v) is 2.13. The number of carbonyl (C=O) groups is 1.